The molecule has 0 radical (unpaired) electrons. The zero-order valence-corrected chi connectivity index (χ0v) is 8.16. The second-order valence-electron chi connectivity index (χ2n) is 3.30. The average Bonchev–Trinajstić information content (AvgIpc) is 2.18. The summed E-state index contributed by atoms with van der Waals surface area (Å²) in [5.41, 5.74) is 1.16. The van der Waals surface area contributed by atoms with Crippen LogP contribution in [0, 0.1) is 5.92 Å². The molecule has 0 aliphatic carbocycles. The van der Waals surface area contributed by atoms with Crippen molar-refractivity contribution in [2.75, 3.05) is 13.7 Å². The minimum atomic E-state index is 0.220. The molecule has 13 heavy (non-hydrogen) atoms. The Morgan fingerprint density at radius 3 is 2.69 bits per heavy atom. The molecule has 0 heterocycles. The summed E-state index contributed by atoms with van der Waals surface area (Å²) in [6.45, 7) is 2.24. The number of benzene rings is 1. The number of aliphatic hydroxyl groups excluding tert-OH is 1. The lowest BCUT2D eigenvalue weighted by Gasteiger charge is -2.11. The van der Waals surface area contributed by atoms with Crippen LogP contribution in [0.1, 0.15) is 12.5 Å². The van der Waals surface area contributed by atoms with Gasteiger partial charge in [-0.1, -0.05) is 25.1 Å². The molecule has 0 aliphatic heterocycles. The molecule has 1 atom stereocenters. The Morgan fingerprint density at radius 1 is 1.38 bits per heavy atom. The van der Waals surface area contributed by atoms with Gasteiger partial charge in [-0.2, -0.15) is 0 Å². The maximum atomic E-state index is 8.92. The van der Waals surface area contributed by atoms with Crippen molar-refractivity contribution < 1.29 is 9.84 Å². The van der Waals surface area contributed by atoms with Gasteiger partial charge in [0.05, 0.1) is 7.11 Å². The molecule has 0 spiro atoms. The molecule has 0 aromatic heterocycles. The highest BCUT2D eigenvalue weighted by Crippen LogP contribution is 2.20. The summed E-state index contributed by atoms with van der Waals surface area (Å²) in [4.78, 5) is 0. The standard InChI is InChI=1S/C11H16O2/c1-9(8-12)7-10-5-3-4-6-11(10)13-2/h3-6,9,12H,7-8H2,1-2H3/t9-/m0/s1. The molecule has 0 fully saturated rings. The average molecular weight is 180 g/mol. The Labute approximate surface area is 79.2 Å². The summed E-state index contributed by atoms with van der Waals surface area (Å²) in [5, 5.41) is 8.92. The van der Waals surface area contributed by atoms with Gasteiger partial charge in [0.2, 0.25) is 0 Å². The van der Waals surface area contributed by atoms with Crippen LogP contribution in [-0.2, 0) is 6.42 Å². The van der Waals surface area contributed by atoms with Crippen molar-refractivity contribution in [3.05, 3.63) is 29.8 Å². The first-order valence-corrected chi connectivity index (χ1v) is 4.50. The van der Waals surface area contributed by atoms with Gasteiger partial charge in [-0.15, -0.1) is 0 Å². The Kier molecular flexibility index (Phi) is 3.77. The van der Waals surface area contributed by atoms with Crippen molar-refractivity contribution in [1.29, 1.82) is 0 Å². The maximum absolute atomic E-state index is 8.92. The molecule has 1 N–H and O–H groups in total. The van der Waals surface area contributed by atoms with E-state index in [1.165, 1.54) is 0 Å². The zero-order chi connectivity index (χ0) is 9.68. The third-order valence-corrected chi connectivity index (χ3v) is 2.07. The fourth-order valence-electron chi connectivity index (χ4n) is 1.31. The zero-order valence-electron chi connectivity index (χ0n) is 8.16. The summed E-state index contributed by atoms with van der Waals surface area (Å²) in [7, 11) is 1.67. The summed E-state index contributed by atoms with van der Waals surface area (Å²) < 4.78 is 5.21. The Hall–Kier alpha value is -1.02. The van der Waals surface area contributed by atoms with E-state index in [9.17, 15) is 0 Å². The summed E-state index contributed by atoms with van der Waals surface area (Å²) in [5.74, 6) is 1.19. The van der Waals surface area contributed by atoms with Gasteiger partial charge in [-0.05, 0) is 24.0 Å². The molecule has 2 heteroatoms. The second kappa shape index (κ2) is 4.87. The molecule has 1 aromatic rings. The van der Waals surface area contributed by atoms with Gasteiger partial charge in [0.1, 0.15) is 5.75 Å². The number of hydrogen-bond acceptors (Lipinski definition) is 2. The molecule has 72 valence electrons. The lowest BCUT2D eigenvalue weighted by atomic mass is 10.0. The molecule has 1 rings (SSSR count). The largest absolute Gasteiger partial charge is 0.496 e. The molecule has 2 nitrogen and oxygen atoms in total. The molecule has 1 aromatic carbocycles. The van der Waals surface area contributed by atoms with Crippen LogP contribution in [0.3, 0.4) is 0 Å². The van der Waals surface area contributed by atoms with Gasteiger partial charge >= 0.3 is 0 Å². The molecule has 0 unspecified atom stereocenters. The maximum Gasteiger partial charge on any atom is 0.122 e. The highest BCUT2D eigenvalue weighted by atomic mass is 16.5. The van der Waals surface area contributed by atoms with E-state index in [4.69, 9.17) is 9.84 Å². The fraction of sp³-hybridized carbons (Fsp3) is 0.455. The van der Waals surface area contributed by atoms with E-state index in [1.807, 2.05) is 31.2 Å². The van der Waals surface area contributed by atoms with Crippen LogP contribution in [0.4, 0.5) is 0 Å². The molecular weight excluding hydrogens is 164 g/mol. The number of rotatable bonds is 4. The minimum absolute atomic E-state index is 0.220. The number of aliphatic hydroxyl groups is 1. The number of methoxy groups -OCH3 is 1. The second-order valence-corrected chi connectivity index (χ2v) is 3.30. The van der Waals surface area contributed by atoms with E-state index in [-0.39, 0.29) is 12.5 Å². The molecule has 0 bridgehead atoms. The Balaban J connectivity index is 2.74. The van der Waals surface area contributed by atoms with E-state index >= 15 is 0 Å². The SMILES string of the molecule is COc1ccccc1C[C@H](C)CO. The van der Waals surface area contributed by atoms with Crippen molar-refractivity contribution in [1.82, 2.24) is 0 Å². The molecular formula is C11H16O2. The Bertz CT molecular complexity index is 258. The van der Waals surface area contributed by atoms with Crippen LogP contribution in [0.2, 0.25) is 0 Å². The van der Waals surface area contributed by atoms with E-state index in [1.54, 1.807) is 7.11 Å². The minimum Gasteiger partial charge on any atom is -0.496 e. The smallest absolute Gasteiger partial charge is 0.122 e. The van der Waals surface area contributed by atoms with Gasteiger partial charge in [0.25, 0.3) is 0 Å². The van der Waals surface area contributed by atoms with E-state index in [2.05, 4.69) is 0 Å². The summed E-state index contributed by atoms with van der Waals surface area (Å²) in [6, 6.07) is 7.91. The predicted octanol–water partition coefficient (Wildman–Crippen LogP) is 1.87. The highest BCUT2D eigenvalue weighted by molar-refractivity contribution is 5.33. The van der Waals surface area contributed by atoms with Crippen molar-refractivity contribution in [2.24, 2.45) is 5.92 Å². The Morgan fingerprint density at radius 2 is 2.08 bits per heavy atom. The van der Waals surface area contributed by atoms with Gasteiger partial charge in [-0.25, -0.2) is 0 Å². The first-order chi connectivity index (χ1) is 6.27. The van der Waals surface area contributed by atoms with Gasteiger partial charge < -0.3 is 9.84 Å². The lowest BCUT2D eigenvalue weighted by molar-refractivity contribution is 0.236. The predicted molar refractivity (Wildman–Crippen MR) is 52.9 cm³/mol. The normalized spacial score (nSPS) is 12.5. The fourth-order valence-corrected chi connectivity index (χ4v) is 1.31. The third-order valence-electron chi connectivity index (χ3n) is 2.07. The van der Waals surface area contributed by atoms with E-state index < -0.39 is 0 Å². The first-order valence-electron chi connectivity index (χ1n) is 4.50. The third kappa shape index (κ3) is 2.74. The van der Waals surface area contributed by atoms with E-state index in [0.717, 1.165) is 17.7 Å². The van der Waals surface area contributed by atoms with Crippen molar-refractivity contribution in [2.45, 2.75) is 13.3 Å². The van der Waals surface area contributed by atoms with Crippen LogP contribution in [0.15, 0.2) is 24.3 Å². The van der Waals surface area contributed by atoms with Crippen LogP contribution in [0.5, 0.6) is 5.75 Å². The van der Waals surface area contributed by atoms with Crippen LogP contribution >= 0.6 is 0 Å². The molecule has 0 saturated carbocycles. The number of ether oxygens (including phenoxy) is 1. The van der Waals surface area contributed by atoms with Crippen LogP contribution < -0.4 is 4.74 Å². The summed E-state index contributed by atoms with van der Waals surface area (Å²) >= 11 is 0. The first kappa shape index (κ1) is 10.1. The number of para-hydroxylation sites is 1. The van der Waals surface area contributed by atoms with Crippen molar-refractivity contribution >= 4 is 0 Å². The van der Waals surface area contributed by atoms with Gasteiger partial charge in [0, 0.05) is 6.61 Å². The monoisotopic (exact) mass is 180 g/mol. The highest BCUT2D eigenvalue weighted by Gasteiger charge is 2.06. The van der Waals surface area contributed by atoms with Crippen LogP contribution in [0.25, 0.3) is 0 Å². The number of hydrogen-bond donors (Lipinski definition) is 1. The van der Waals surface area contributed by atoms with Gasteiger partial charge in [0.15, 0.2) is 0 Å². The van der Waals surface area contributed by atoms with Crippen molar-refractivity contribution in [3.63, 3.8) is 0 Å². The topological polar surface area (TPSA) is 29.5 Å². The van der Waals surface area contributed by atoms with Gasteiger partial charge in [-0.3, -0.25) is 0 Å². The molecule has 0 aliphatic rings. The lowest BCUT2D eigenvalue weighted by Crippen LogP contribution is -2.05. The summed E-state index contributed by atoms with van der Waals surface area (Å²) in [6.07, 6.45) is 0.862. The van der Waals surface area contributed by atoms with E-state index in [0.29, 0.717) is 0 Å². The molecule has 0 amide bonds. The quantitative estimate of drug-likeness (QED) is 0.766. The van der Waals surface area contributed by atoms with Crippen LogP contribution in [-0.4, -0.2) is 18.8 Å². The van der Waals surface area contributed by atoms with Crippen molar-refractivity contribution in [3.8, 4) is 5.75 Å². The molecule has 0 saturated heterocycles.